The van der Waals surface area contributed by atoms with Crippen LogP contribution in [0.1, 0.15) is 27.2 Å². The summed E-state index contributed by atoms with van der Waals surface area (Å²) in [7, 11) is 0. The Bertz CT molecular complexity index is 149. The zero-order valence-corrected chi connectivity index (χ0v) is 6.96. The van der Waals surface area contributed by atoms with Crippen molar-refractivity contribution in [2.45, 2.75) is 33.3 Å². The molecule has 1 N–H and O–H groups in total. The second-order valence-corrected chi connectivity index (χ2v) is 3.54. The zero-order valence-electron chi connectivity index (χ0n) is 6.96. The average molecular weight is 140 g/mol. The van der Waals surface area contributed by atoms with Crippen LogP contribution < -0.4 is 0 Å². The maximum Gasteiger partial charge on any atom is 0.0628 e. The number of rotatable bonds is 0. The molecule has 58 valence electrons. The van der Waals surface area contributed by atoms with Crippen LogP contribution >= 0.6 is 0 Å². The largest absolute Gasteiger partial charge is 0.392 e. The molecule has 0 bridgehead atoms. The van der Waals surface area contributed by atoms with Gasteiger partial charge in [0.25, 0.3) is 0 Å². The van der Waals surface area contributed by atoms with Crippen LogP contribution in [0.2, 0.25) is 0 Å². The van der Waals surface area contributed by atoms with Crippen LogP contribution in [0.25, 0.3) is 0 Å². The monoisotopic (exact) mass is 140 g/mol. The molecule has 0 amide bonds. The molecule has 1 aliphatic carbocycles. The Labute approximate surface area is 62.8 Å². The van der Waals surface area contributed by atoms with Gasteiger partial charge in [-0.15, -0.1) is 0 Å². The van der Waals surface area contributed by atoms with E-state index in [2.05, 4.69) is 26.8 Å². The Morgan fingerprint density at radius 3 is 2.60 bits per heavy atom. The molecule has 0 spiro atoms. The molecule has 0 aromatic heterocycles. The molecule has 0 aromatic carbocycles. The summed E-state index contributed by atoms with van der Waals surface area (Å²) in [6.07, 6.45) is 3.11. The smallest absolute Gasteiger partial charge is 0.0628 e. The van der Waals surface area contributed by atoms with E-state index in [1.807, 2.05) is 0 Å². The van der Waals surface area contributed by atoms with Crippen molar-refractivity contribution in [3.63, 3.8) is 0 Å². The highest BCUT2D eigenvalue weighted by molar-refractivity contribution is 5.08. The molecule has 1 nitrogen and oxygen atoms in total. The standard InChI is InChI=1S/C9H16O/c1-6-4-7(2)9(10)8(3)5-6/h4,7-10H,5H2,1-3H3/t7?,8-,9+/m0/s1. The van der Waals surface area contributed by atoms with Crippen LogP contribution in [0.15, 0.2) is 11.6 Å². The van der Waals surface area contributed by atoms with Gasteiger partial charge in [0.2, 0.25) is 0 Å². The van der Waals surface area contributed by atoms with Gasteiger partial charge in [-0.1, -0.05) is 25.5 Å². The Hall–Kier alpha value is -0.300. The Kier molecular flexibility index (Phi) is 2.14. The number of hydrogen-bond acceptors (Lipinski definition) is 1. The second kappa shape index (κ2) is 2.75. The Balaban J connectivity index is 2.69. The summed E-state index contributed by atoms with van der Waals surface area (Å²) in [6.45, 7) is 6.32. The first-order valence-corrected chi connectivity index (χ1v) is 3.96. The van der Waals surface area contributed by atoms with Crippen molar-refractivity contribution < 1.29 is 5.11 Å². The molecule has 0 fully saturated rings. The van der Waals surface area contributed by atoms with Crippen molar-refractivity contribution in [1.29, 1.82) is 0 Å². The third-order valence-corrected chi connectivity index (χ3v) is 2.31. The fourth-order valence-corrected chi connectivity index (χ4v) is 1.76. The molecule has 10 heavy (non-hydrogen) atoms. The lowest BCUT2D eigenvalue weighted by molar-refractivity contribution is 0.0755. The van der Waals surface area contributed by atoms with Gasteiger partial charge in [0.05, 0.1) is 6.10 Å². The van der Waals surface area contributed by atoms with Gasteiger partial charge < -0.3 is 5.11 Å². The van der Waals surface area contributed by atoms with E-state index < -0.39 is 0 Å². The highest BCUT2D eigenvalue weighted by Gasteiger charge is 2.23. The lowest BCUT2D eigenvalue weighted by Gasteiger charge is -2.28. The Morgan fingerprint density at radius 1 is 1.50 bits per heavy atom. The molecule has 1 heteroatoms. The van der Waals surface area contributed by atoms with Gasteiger partial charge in [0.1, 0.15) is 0 Å². The van der Waals surface area contributed by atoms with E-state index >= 15 is 0 Å². The summed E-state index contributed by atoms with van der Waals surface area (Å²) < 4.78 is 0. The SMILES string of the molecule is CC1=CC(C)[C@@H](O)[C@@H](C)C1. The van der Waals surface area contributed by atoms with Gasteiger partial charge in [-0.2, -0.15) is 0 Å². The number of aliphatic hydroxyl groups is 1. The molecule has 1 unspecified atom stereocenters. The molecule has 3 atom stereocenters. The minimum absolute atomic E-state index is 0.122. The van der Waals surface area contributed by atoms with E-state index in [1.54, 1.807) is 0 Å². The van der Waals surface area contributed by atoms with E-state index in [-0.39, 0.29) is 6.10 Å². The summed E-state index contributed by atoms with van der Waals surface area (Å²) in [5, 5.41) is 9.52. The molecule has 0 aliphatic heterocycles. The highest BCUT2D eigenvalue weighted by atomic mass is 16.3. The van der Waals surface area contributed by atoms with E-state index in [1.165, 1.54) is 5.57 Å². The van der Waals surface area contributed by atoms with Crippen LogP contribution in [0, 0.1) is 11.8 Å². The Morgan fingerprint density at radius 2 is 2.10 bits per heavy atom. The normalized spacial score (nSPS) is 41.2. The quantitative estimate of drug-likeness (QED) is 0.510. The summed E-state index contributed by atoms with van der Waals surface area (Å²) in [4.78, 5) is 0. The molecular formula is C9H16O. The second-order valence-electron chi connectivity index (χ2n) is 3.54. The summed E-state index contributed by atoms with van der Waals surface area (Å²) in [6, 6.07) is 0. The third-order valence-electron chi connectivity index (χ3n) is 2.31. The first-order chi connectivity index (χ1) is 4.61. The molecule has 1 rings (SSSR count). The lowest BCUT2D eigenvalue weighted by atomic mass is 9.82. The van der Waals surface area contributed by atoms with Gasteiger partial charge >= 0.3 is 0 Å². The maximum absolute atomic E-state index is 9.52. The fraction of sp³-hybridized carbons (Fsp3) is 0.778. The first kappa shape index (κ1) is 7.80. The summed E-state index contributed by atoms with van der Waals surface area (Å²) in [5.74, 6) is 0.795. The molecule has 1 aliphatic rings. The molecule has 0 radical (unpaired) electrons. The molecule has 0 saturated carbocycles. The number of allylic oxidation sites excluding steroid dienone is 1. The zero-order chi connectivity index (χ0) is 7.72. The van der Waals surface area contributed by atoms with Crippen molar-refractivity contribution >= 4 is 0 Å². The topological polar surface area (TPSA) is 20.2 Å². The maximum atomic E-state index is 9.52. The van der Waals surface area contributed by atoms with E-state index in [0.717, 1.165) is 6.42 Å². The van der Waals surface area contributed by atoms with Gasteiger partial charge in [-0.05, 0) is 19.3 Å². The number of aliphatic hydroxyl groups excluding tert-OH is 1. The number of hydrogen-bond donors (Lipinski definition) is 1. The summed E-state index contributed by atoms with van der Waals surface area (Å²) in [5.41, 5.74) is 1.42. The van der Waals surface area contributed by atoms with Crippen LogP contribution in [-0.4, -0.2) is 11.2 Å². The molecular weight excluding hydrogens is 124 g/mol. The predicted molar refractivity (Wildman–Crippen MR) is 42.7 cm³/mol. The van der Waals surface area contributed by atoms with Gasteiger partial charge in [-0.25, -0.2) is 0 Å². The molecule has 0 heterocycles. The van der Waals surface area contributed by atoms with Crippen molar-refractivity contribution in [3.05, 3.63) is 11.6 Å². The minimum Gasteiger partial charge on any atom is -0.392 e. The minimum atomic E-state index is -0.122. The third kappa shape index (κ3) is 1.40. The van der Waals surface area contributed by atoms with Crippen molar-refractivity contribution in [2.24, 2.45) is 11.8 Å². The van der Waals surface area contributed by atoms with Crippen LogP contribution in [0.4, 0.5) is 0 Å². The van der Waals surface area contributed by atoms with Crippen molar-refractivity contribution in [1.82, 2.24) is 0 Å². The molecule has 0 saturated heterocycles. The summed E-state index contributed by atoms with van der Waals surface area (Å²) >= 11 is 0. The van der Waals surface area contributed by atoms with Crippen LogP contribution in [-0.2, 0) is 0 Å². The van der Waals surface area contributed by atoms with E-state index in [9.17, 15) is 5.11 Å². The van der Waals surface area contributed by atoms with Gasteiger partial charge in [-0.3, -0.25) is 0 Å². The highest BCUT2D eigenvalue weighted by Crippen LogP contribution is 2.27. The fourth-order valence-electron chi connectivity index (χ4n) is 1.76. The van der Waals surface area contributed by atoms with E-state index in [4.69, 9.17) is 0 Å². The van der Waals surface area contributed by atoms with Gasteiger partial charge in [0, 0.05) is 5.92 Å². The predicted octanol–water partition coefficient (Wildman–Crippen LogP) is 1.97. The van der Waals surface area contributed by atoms with Crippen molar-refractivity contribution in [3.8, 4) is 0 Å². The first-order valence-electron chi connectivity index (χ1n) is 3.96. The molecule has 0 aromatic rings. The lowest BCUT2D eigenvalue weighted by Crippen LogP contribution is -2.28. The van der Waals surface area contributed by atoms with Crippen LogP contribution in [0.3, 0.4) is 0 Å². The average Bonchev–Trinajstić information content (AvgIpc) is 1.82. The van der Waals surface area contributed by atoms with Crippen LogP contribution in [0.5, 0.6) is 0 Å². The van der Waals surface area contributed by atoms with Crippen molar-refractivity contribution in [2.75, 3.05) is 0 Å². The van der Waals surface area contributed by atoms with Gasteiger partial charge in [0.15, 0.2) is 0 Å². The van der Waals surface area contributed by atoms with E-state index in [0.29, 0.717) is 11.8 Å².